The summed E-state index contributed by atoms with van der Waals surface area (Å²) in [5.41, 5.74) is 9.45. The highest BCUT2D eigenvalue weighted by molar-refractivity contribution is 7.92. The molecular formula is C97H92O17S5. The Morgan fingerprint density at radius 3 is 0.538 bits per heavy atom. The van der Waals surface area contributed by atoms with Crippen LogP contribution in [0.2, 0.25) is 0 Å². The normalized spacial score (nSPS) is 11.4. The summed E-state index contributed by atoms with van der Waals surface area (Å²) in [5, 5.41) is 0. The Kier molecular flexibility index (Phi) is 29.5. The summed E-state index contributed by atoms with van der Waals surface area (Å²) < 4.78 is 161. The van der Waals surface area contributed by atoms with Crippen LogP contribution < -0.4 is 33.2 Å². The second-order valence-corrected chi connectivity index (χ2v) is 37.9. The SMILES string of the molecule is COc1ccc(-c2ccc(Oc3ccc(S(=O)(=O)c4ccc(C)cc4)cc3)cc2)cc1.COc1ccc(C(C)(C)c2ccc(Oc3ccc(S(=O)(=O)c4ccc(C)cc4)cc3)cc2)cc1.COc1ccc(Oc2ccc(S(=O)(=O)c3ccc(C)cc3)cc2)cc1.COc1ccc(S(=O)(=O)c2ccc(C)cc2)cc1.Cc1ccc(S(C)(=O)=O)cc1. The molecule has 17 nitrogen and oxygen atoms in total. The van der Waals surface area contributed by atoms with Crippen LogP contribution in [0.5, 0.6) is 57.5 Å². The number of methoxy groups -OCH3 is 4. The highest BCUT2D eigenvalue weighted by Crippen LogP contribution is 2.37. The van der Waals surface area contributed by atoms with E-state index in [0.717, 1.165) is 61.8 Å². The molecule has 0 N–H and O–H groups in total. The third-order valence-corrected chi connectivity index (χ3v) is 27.2. The van der Waals surface area contributed by atoms with Gasteiger partial charge in [-0.3, -0.25) is 0 Å². The molecule has 0 amide bonds. The number of aryl methyl sites for hydroxylation is 5. The molecule has 0 aromatic heterocycles. The van der Waals surface area contributed by atoms with Gasteiger partial charge in [0.2, 0.25) is 39.3 Å². The lowest BCUT2D eigenvalue weighted by molar-refractivity contribution is 0.413. The molecule has 14 rings (SSSR count). The van der Waals surface area contributed by atoms with Crippen molar-refractivity contribution in [3.8, 4) is 68.6 Å². The molecule has 0 aliphatic rings. The topological polar surface area (TPSA) is 235 Å². The van der Waals surface area contributed by atoms with Crippen molar-refractivity contribution >= 4 is 49.2 Å². The fourth-order valence-corrected chi connectivity index (χ4v) is 17.4. The molecule has 0 saturated carbocycles. The lowest BCUT2D eigenvalue weighted by atomic mass is 9.78. The summed E-state index contributed by atoms with van der Waals surface area (Å²) >= 11 is 0. The van der Waals surface area contributed by atoms with Crippen molar-refractivity contribution in [2.24, 2.45) is 0 Å². The highest BCUT2D eigenvalue weighted by Gasteiger charge is 2.25. The van der Waals surface area contributed by atoms with Crippen molar-refractivity contribution in [1.82, 2.24) is 0 Å². The van der Waals surface area contributed by atoms with Crippen LogP contribution in [0.4, 0.5) is 0 Å². The molecule has 0 heterocycles. The summed E-state index contributed by atoms with van der Waals surface area (Å²) in [5.74, 6) is 6.74. The lowest BCUT2D eigenvalue weighted by Gasteiger charge is -2.26. The first-order valence-electron chi connectivity index (χ1n) is 37.3. The fourth-order valence-electron chi connectivity index (χ4n) is 11.7. The monoisotopic (exact) mass is 1690 g/mol. The summed E-state index contributed by atoms with van der Waals surface area (Å²) in [4.78, 5) is 2.50. The van der Waals surface area contributed by atoms with Gasteiger partial charge in [-0.2, -0.15) is 0 Å². The van der Waals surface area contributed by atoms with Crippen LogP contribution in [0.25, 0.3) is 11.1 Å². The number of rotatable bonds is 22. The molecule has 14 aromatic rings. The van der Waals surface area contributed by atoms with Gasteiger partial charge in [0.1, 0.15) is 57.5 Å². The van der Waals surface area contributed by atoms with Gasteiger partial charge in [-0.1, -0.05) is 151 Å². The molecule has 14 aromatic carbocycles. The summed E-state index contributed by atoms with van der Waals surface area (Å²) in [7, 11) is -10.6. The van der Waals surface area contributed by atoms with Crippen LogP contribution in [0.3, 0.4) is 0 Å². The molecule has 0 saturated heterocycles. The van der Waals surface area contributed by atoms with E-state index in [9.17, 15) is 42.1 Å². The van der Waals surface area contributed by atoms with Crippen molar-refractivity contribution in [3.05, 3.63) is 379 Å². The minimum absolute atomic E-state index is 0.184. The molecule has 0 fully saturated rings. The molecule has 119 heavy (non-hydrogen) atoms. The molecule has 0 aliphatic carbocycles. The Labute approximate surface area is 699 Å². The first-order chi connectivity index (χ1) is 56.7. The Balaban J connectivity index is 0.000000163. The quantitative estimate of drug-likeness (QED) is 0.0613. The van der Waals surface area contributed by atoms with Crippen LogP contribution in [-0.4, -0.2) is 76.8 Å². The van der Waals surface area contributed by atoms with E-state index in [4.69, 9.17) is 33.2 Å². The molecule has 0 atom stereocenters. The standard InChI is InChI=1S/C29H28O4S.C26H22O4S.C20H18O4S.C14H14O3S.C8H10O2S/c1-21-5-17-27(18-6-21)34(30,31)28-19-15-26(16-20-28)33-25-13-9-23(10-14-25)29(2,3)22-7-11-24(32-4)12-8-22;1-19-3-15-25(16-4-19)31(27,28)26-17-13-24(14-18-26)30-23-11-7-21(8-12-23)20-5-9-22(29-2)10-6-20;1-15-3-11-19(12-4-15)25(21,22)20-13-9-18(10-14-20)24-17-7-5-16(23-2)6-8-17;1-11-3-7-13(8-4-11)18(15,16)14-9-5-12(17-2)6-10-14;1-7-3-5-8(6-4-7)11(2,9)10/h5-20H,1-4H3;3-18H,1-2H3;3-14H,1-2H3;3-10H,1-2H3;3-6H,1-2H3. The van der Waals surface area contributed by atoms with Crippen LogP contribution in [0, 0.1) is 34.6 Å². The average Bonchev–Trinajstić information content (AvgIpc) is 0.812. The zero-order chi connectivity index (χ0) is 85.7. The zero-order valence-electron chi connectivity index (χ0n) is 67.8. The van der Waals surface area contributed by atoms with Gasteiger partial charge in [-0.05, 0) is 287 Å². The second-order valence-electron chi connectivity index (χ2n) is 28.1. The van der Waals surface area contributed by atoms with E-state index in [0.29, 0.717) is 50.0 Å². The van der Waals surface area contributed by atoms with E-state index in [1.165, 1.54) is 11.8 Å². The predicted octanol–water partition coefficient (Wildman–Crippen LogP) is 22.1. The molecule has 0 radical (unpaired) electrons. The van der Waals surface area contributed by atoms with Crippen molar-refractivity contribution in [3.63, 3.8) is 0 Å². The third-order valence-electron chi connectivity index (χ3n) is 19.0. The van der Waals surface area contributed by atoms with Gasteiger partial charge in [0.15, 0.2) is 9.84 Å². The largest absolute Gasteiger partial charge is 0.497 e. The summed E-state index contributed by atoms with van der Waals surface area (Å²) in [6.07, 6.45) is 1.21. The van der Waals surface area contributed by atoms with Crippen LogP contribution >= 0.6 is 0 Å². The number of sulfone groups is 5. The van der Waals surface area contributed by atoms with Gasteiger partial charge in [0, 0.05) is 11.7 Å². The van der Waals surface area contributed by atoms with Gasteiger partial charge >= 0.3 is 0 Å². The molecular weight excluding hydrogens is 1600 g/mol. The average molecular weight is 1690 g/mol. The molecule has 612 valence electrons. The van der Waals surface area contributed by atoms with Crippen LogP contribution in [-0.2, 0) is 54.6 Å². The number of hydrogen-bond acceptors (Lipinski definition) is 17. The highest BCUT2D eigenvalue weighted by atomic mass is 32.2. The van der Waals surface area contributed by atoms with E-state index in [-0.39, 0.29) is 39.7 Å². The van der Waals surface area contributed by atoms with Crippen molar-refractivity contribution in [1.29, 1.82) is 0 Å². The first kappa shape index (κ1) is 88.8. The Hall–Kier alpha value is -12.6. The van der Waals surface area contributed by atoms with Crippen molar-refractivity contribution in [2.45, 2.75) is 97.9 Å². The predicted molar refractivity (Wildman–Crippen MR) is 466 cm³/mol. The number of benzene rings is 14. The smallest absolute Gasteiger partial charge is 0.206 e. The number of hydrogen-bond donors (Lipinski definition) is 0. The van der Waals surface area contributed by atoms with Crippen molar-refractivity contribution in [2.75, 3.05) is 34.7 Å². The van der Waals surface area contributed by atoms with Gasteiger partial charge < -0.3 is 33.2 Å². The Bertz CT molecular complexity index is 6260. The van der Waals surface area contributed by atoms with Gasteiger partial charge in [0.25, 0.3) is 0 Å². The van der Waals surface area contributed by atoms with Crippen molar-refractivity contribution < 1.29 is 75.2 Å². The van der Waals surface area contributed by atoms with E-state index in [2.05, 4.69) is 38.1 Å². The Morgan fingerprint density at radius 2 is 0.336 bits per heavy atom. The zero-order valence-corrected chi connectivity index (χ0v) is 71.9. The third kappa shape index (κ3) is 23.9. The molecule has 0 aliphatic heterocycles. The molecule has 22 heteroatoms. The minimum Gasteiger partial charge on any atom is -0.497 e. The van der Waals surface area contributed by atoms with Gasteiger partial charge in [0.05, 0.1) is 72.5 Å². The number of ether oxygens (including phenoxy) is 7. The maximum Gasteiger partial charge on any atom is 0.206 e. The lowest BCUT2D eigenvalue weighted by Crippen LogP contribution is -2.18. The van der Waals surface area contributed by atoms with E-state index in [1.54, 1.807) is 271 Å². The first-order valence-corrected chi connectivity index (χ1v) is 45.2. The molecule has 0 bridgehead atoms. The minimum atomic E-state index is -3.56. The van der Waals surface area contributed by atoms with Gasteiger partial charge in [-0.25, -0.2) is 42.1 Å². The van der Waals surface area contributed by atoms with E-state index < -0.39 is 49.2 Å². The van der Waals surface area contributed by atoms with E-state index in [1.807, 2.05) is 107 Å². The van der Waals surface area contributed by atoms with Crippen LogP contribution in [0.15, 0.2) is 384 Å². The summed E-state index contributed by atoms with van der Waals surface area (Å²) in [6.45, 7) is 14.0. The molecule has 0 spiro atoms. The Morgan fingerprint density at radius 1 is 0.193 bits per heavy atom. The summed E-state index contributed by atoms with van der Waals surface area (Å²) in [6, 6.07) is 98.6. The maximum atomic E-state index is 12.9. The second kappa shape index (κ2) is 39.6. The van der Waals surface area contributed by atoms with Crippen LogP contribution in [0.1, 0.15) is 52.8 Å². The van der Waals surface area contributed by atoms with E-state index >= 15 is 0 Å². The fraction of sp³-hybridized carbons (Fsp3) is 0.134. The maximum absolute atomic E-state index is 12.9. The van der Waals surface area contributed by atoms with Gasteiger partial charge in [-0.15, -0.1) is 0 Å². The molecule has 0 unspecified atom stereocenters.